The highest BCUT2D eigenvalue weighted by Gasteiger charge is 2.40. The summed E-state index contributed by atoms with van der Waals surface area (Å²) in [6.45, 7) is 1.67. The lowest BCUT2D eigenvalue weighted by Crippen LogP contribution is -2.59. The number of amides is 7. The van der Waals surface area contributed by atoms with Gasteiger partial charge in [0.05, 0.1) is 0 Å². The number of hydrogen-bond donors (Lipinski definition) is 14. The minimum absolute atomic E-state index is 0.00296. The first-order valence-electron chi connectivity index (χ1n) is 22.0. The van der Waals surface area contributed by atoms with Crippen LogP contribution < -0.4 is 66.7 Å². The van der Waals surface area contributed by atoms with Crippen LogP contribution in [0.4, 0.5) is 0 Å². The number of aromatic hydroxyl groups is 2. The van der Waals surface area contributed by atoms with E-state index >= 15 is 0 Å². The van der Waals surface area contributed by atoms with Crippen LogP contribution in [0.5, 0.6) is 11.5 Å². The van der Waals surface area contributed by atoms with Crippen molar-refractivity contribution in [2.24, 2.45) is 55.1 Å². The van der Waals surface area contributed by atoms with Gasteiger partial charge in [0, 0.05) is 45.9 Å². The Bertz CT molecular complexity index is 2120. The third-order valence-electron chi connectivity index (χ3n) is 10.7. The molecule has 0 bridgehead atoms. The molecule has 0 aromatic heterocycles. The van der Waals surface area contributed by atoms with Crippen molar-refractivity contribution < 1.29 is 43.8 Å². The fraction of sp³-hybridized carbons (Fsp3) is 0.488. The molecule has 25 heteroatoms. The number of rotatable bonds is 27. The van der Waals surface area contributed by atoms with Gasteiger partial charge in [-0.3, -0.25) is 48.5 Å². The second-order valence-electron chi connectivity index (χ2n) is 16.2. The van der Waals surface area contributed by atoms with Gasteiger partial charge >= 0.3 is 0 Å². The molecule has 1 heterocycles. The zero-order valence-electron chi connectivity index (χ0n) is 38.1. The summed E-state index contributed by atoms with van der Waals surface area (Å²) in [6, 6.07) is 4.56. The fourth-order valence-corrected chi connectivity index (χ4v) is 7.31. The topological polar surface area (TPSA) is 443 Å². The Hall–Kier alpha value is -7.86. The van der Waals surface area contributed by atoms with E-state index in [1.165, 1.54) is 36.1 Å². The Balaban J connectivity index is 1.91. The number of phenolic OH excluding ortho intramolecular Hbond substituents is 2. The Morgan fingerprint density at radius 1 is 0.574 bits per heavy atom. The van der Waals surface area contributed by atoms with Gasteiger partial charge in [-0.15, -0.1) is 0 Å². The first kappa shape index (κ1) is 54.5. The number of hydrogen-bond acceptors (Lipinski definition) is 12. The number of carbonyl (C=O) groups excluding carboxylic acids is 7. The van der Waals surface area contributed by atoms with Gasteiger partial charge in [-0.2, -0.15) is 0 Å². The zero-order chi connectivity index (χ0) is 50.3. The number of nitrogens with one attached hydrogen (secondary N) is 5. The molecule has 1 fully saturated rings. The minimum Gasteiger partial charge on any atom is -0.508 e. The third kappa shape index (κ3) is 19.3. The maximum Gasteiger partial charge on any atom is 0.245 e. The van der Waals surface area contributed by atoms with Gasteiger partial charge in [-0.1, -0.05) is 24.3 Å². The summed E-state index contributed by atoms with van der Waals surface area (Å²) in [5, 5.41) is 32.9. The van der Waals surface area contributed by atoms with E-state index in [9.17, 15) is 43.8 Å². The van der Waals surface area contributed by atoms with E-state index in [4.69, 9.17) is 40.1 Å². The molecule has 2 aromatic rings. The summed E-state index contributed by atoms with van der Waals surface area (Å²) < 4.78 is 0. The highest BCUT2D eigenvalue weighted by atomic mass is 16.3. The van der Waals surface area contributed by atoms with Crippen molar-refractivity contribution >= 4 is 59.2 Å². The number of benzene rings is 2. The van der Waals surface area contributed by atoms with E-state index in [0.717, 1.165) is 0 Å². The lowest BCUT2D eigenvalue weighted by Gasteiger charge is -2.31. The molecule has 0 spiro atoms. The molecule has 2 aromatic carbocycles. The van der Waals surface area contributed by atoms with Gasteiger partial charge in [-0.05, 0) is 86.8 Å². The minimum atomic E-state index is -1.33. The second kappa shape index (κ2) is 27.6. The zero-order valence-corrected chi connectivity index (χ0v) is 38.1. The van der Waals surface area contributed by atoms with Gasteiger partial charge in [0.1, 0.15) is 47.8 Å². The summed E-state index contributed by atoms with van der Waals surface area (Å²) in [6.07, 6.45) is 1.23. The average molecular weight is 951 g/mol. The molecule has 1 saturated heterocycles. The van der Waals surface area contributed by atoms with Crippen LogP contribution in [-0.2, 0) is 46.4 Å². The molecule has 6 atom stereocenters. The molecule has 21 N–H and O–H groups in total. The van der Waals surface area contributed by atoms with E-state index in [1.54, 1.807) is 24.3 Å². The van der Waals surface area contributed by atoms with Crippen LogP contribution >= 0.6 is 0 Å². The van der Waals surface area contributed by atoms with Crippen molar-refractivity contribution in [3.05, 3.63) is 59.7 Å². The van der Waals surface area contributed by atoms with Crippen molar-refractivity contribution in [1.82, 2.24) is 31.5 Å². The smallest absolute Gasteiger partial charge is 0.245 e. The third-order valence-corrected chi connectivity index (χ3v) is 10.7. The summed E-state index contributed by atoms with van der Waals surface area (Å²) >= 11 is 0. The normalized spacial score (nSPS) is 15.2. The predicted octanol–water partition coefficient (Wildman–Crippen LogP) is -4.04. The molecule has 0 unspecified atom stereocenters. The molecular weight excluding hydrogens is 885 g/mol. The Morgan fingerprint density at radius 2 is 0.971 bits per heavy atom. The molecule has 25 nitrogen and oxygen atoms in total. The summed E-state index contributed by atoms with van der Waals surface area (Å²) in [7, 11) is 0. The van der Waals surface area contributed by atoms with Crippen LogP contribution in [0, 0.1) is 0 Å². The van der Waals surface area contributed by atoms with Gasteiger partial charge in [-0.25, -0.2) is 0 Å². The molecule has 372 valence electrons. The lowest BCUT2D eigenvalue weighted by molar-refractivity contribution is -0.142. The summed E-state index contributed by atoms with van der Waals surface area (Å²) in [4.78, 5) is 108. The van der Waals surface area contributed by atoms with Crippen molar-refractivity contribution in [3.8, 4) is 11.5 Å². The standard InChI is InChI=1S/C43H66N16O9/c1-24(60)54-29(6-2-18-51-41(45)46)36(64)58-33(23-26-12-16-28(62)17-13-26)38(66)56-31(8-4-20-53-43(49)50)40(68)59-21-5-9-34(59)39(67)55-30(7-3-19-52-42(47)48)37(65)57-32(35(44)63)22-25-10-14-27(61)15-11-25/h10-17,29-34,61-62H,2-9,18-23H2,1H3,(H2,44,63)(H,54,60)(H,55,67)(H,56,66)(H,57,65)(H,58,64)(H4,45,46,51)(H4,47,48,52)(H4,49,50,53)/t29-,30-,31-,32-,33-,34-/m0/s1. The van der Waals surface area contributed by atoms with Crippen LogP contribution in [-0.4, -0.2) is 137 Å². The number of nitrogens with zero attached hydrogens (tertiary/aromatic N) is 4. The lowest BCUT2D eigenvalue weighted by atomic mass is 10.0. The Labute approximate surface area is 393 Å². The number of guanidine groups is 3. The molecule has 3 rings (SSSR count). The van der Waals surface area contributed by atoms with E-state index in [1.807, 2.05) is 0 Å². The monoisotopic (exact) mass is 951 g/mol. The van der Waals surface area contributed by atoms with E-state index < -0.39 is 77.6 Å². The Kier molecular flexibility index (Phi) is 22.1. The first-order chi connectivity index (χ1) is 32.2. The number of aliphatic imine (C=N–C) groups is 3. The quantitative estimate of drug-likeness (QED) is 0.0230. The van der Waals surface area contributed by atoms with Crippen LogP contribution in [0.2, 0.25) is 0 Å². The largest absolute Gasteiger partial charge is 0.508 e. The van der Waals surface area contributed by atoms with Crippen LogP contribution in [0.15, 0.2) is 63.5 Å². The van der Waals surface area contributed by atoms with Gasteiger partial charge in [0.2, 0.25) is 41.4 Å². The van der Waals surface area contributed by atoms with E-state index in [-0.39, 0.29) is 107 Å². The number of nitrogens with two attached hydrogens (primary N) is 7. The van der Waals surface area contributed by atoms with Crippen LogP contribution in [0.3, 0.4) is 0 Å². The highest BCUT2D eigenvalue weighted by molar-refractivity contribution is 5.97. The molecule has 0 aliphatic carbocycles. The van der Waals surface area contributed by atoms with Crippen molar-refractivity contribution in [2.75, 3.05) is 26.2 Å². The van der Waals surface area contributed by atoms with Crippen molar-refractivity contribution in [2.45, 2.75) is 107 Å². The fourth-order valence-electron chi connectivity index (χ4n) is 7.31. The average Bonchev–Trinajstić information content (AvgIpc) is 3.77. The van der Waals surface area contributed by atoms with Crippen molar-refractivity contribution in [3.63, 3.8) is 0 Å². The SMILES string of the molecule is CC(=O)N[C@@H](CCCN=C(N)N)C(=O)N[C@@H](Cc1ccc(O)cc1)C(=O)N[C@@H](CCCN=C(N)N)C(=O)N1CCC[C@H]1C(=O)N[C@@H](CCCN=C(N)N)C(=O)N[C@@H](Cc1ccc(O)cc1)C(N)=O. The second-order valence-corrected chi connectivity index (χ2v) is 16.2. The maximum absolute atomic E-state index is 14.6. The van der Waals surface area contributed by atoms with Crippen LogP contribution in [0.25, 0.3) is 0 Å². The number of primary amides is 1. The van der Waals surface area contributed by atoms with E-state index in [0.29, 0.717) is 24.0 Å². The molecular formula is C43H66N16O9. The van der Waals surface area contributed by atoms with Crippen LogP contribution in [0.1, 0.15) is 69.4 Å². The molecule has 1 aliphatic rings. The first-order valence-corrected chi connectivity index (χ1v) is 22.0. The molecule has 1 aliphatic heterocycles. The predicted molar refractivity (Wildman–Crippen MR) is 253 cm³/mol. The van der Waals surface area contributed by atoms with E-state index in [2.05, 4.69) is 41.6 Å². The Morgan fingerprint density at radius 3 is 1.41 bits per heavy atom. The van der Waals surface area contributed by atoms with Crippen molar-refractivity contribution in [1.29, 1.82) is 0 Å². The van der Waals surface area contributed by atoms with Gasteiger partial charge in [0.25, 0.3) is 0 Å². The summed E-state index contributed by atoms with van der Waals surface area (Å²) in [5.74, 6) is -5.54. The number of likely N-dealkylation sites (tertiary alicyclic amines) is 1. The molecule has 7 amide bonds. The maximum atomic E-state index is 14.6. The molecule has 0 saturated carbocycles. The number of phenols is 2. The van der Waals surface area contributed by atoms with Gasteiger partial charge in [0.15, 0.2) is 17.9 Å². The summed E-state index contributed by atoms with van der Waals surface area (Å²) in [5.41, 5.74) is 39.6. The number of carbonyl (C=O) groups is 7. The van der Waals surface area contributed by atoms with Gasteiger partial charge < -0.3 is 81.8 Å². The highest BCUT2D eigenvalue weighted by Crippen LogP contribution is 2.21. The molecule has 68 heavy (non-hydrogen) atoms. The molecule has 0 radical (unpaired) electrons.